The molecule has 1 heteroatoms. The van der Waals surface area contributed by atoms with Gasteiger partial charge < -0.3 is 4.90 Å². The summed E-state index contributed by atoms with van der Waals surface area (Å²) < 4.78 is 0. The first kappa shape index (κ1) is 33.9. The van der Waals surface area contributed by atoms with Crippen LogP contribution in [0.3, 0.4) is 0 Å². The van der Waals surface area contributed by atoms with Crippen LogP contribution in [0.2, 0.25) is 0 Å². The molecule has 1 spiro atoms. The smallest absolute Gasteiger partial charge is 0.0364 e. The molecule has 5 aliphatic rings. The Balaban J connectivity index is 0.00000102. The quantitative estimate of drug-likeness (QED) is 0.217. The van der Waals surface area contributed by atoms with Gasteiger partial charge in [-0.05, 0) is 136 Å². The fraction of sp³-hybridized carbons (Fsp3) is 0.667. The maximum Gasteiger partial charge on any atom is 0.0364 e. The van der Waals surface area contributed by atoms with Gasteiger partial charge >= 0.3 is 0 Å². The van der Waals surface area contributed by atoms with Crippen molar-refractivity contribution in [2.75, 3.05) is 13.6 Å². The summed E-state index contributed by atoms with van der Waals surface area (Å²) in [5.74, 6) is 4.14. The van der Waals surface area contributed by atoms with Gasteiger partial charge in [0.05, 0.1) is 0 Å². The van der Waals surface area contributed by atoms with Gasteiger partial charge in [0.25, 0.3) is 0 Å². The number of benzene rings is 1. The summed E-state index contributed by atoms with van der Waals surface area (Å²) in [7, 11) is 2.16. The third kappa shape index (κ3) is 6.53. The number of unbranched alkanes of at least 4 members (excludes halogenated alkanes) is 1. The molecule has 238 valence electrons. The van der Waals surface area contributed by atoms with Crippen molar-refractivity contribution in [1.29, 1.82) is 0 Å². The van der Waals surface area contributed by atoms with Crippen molar-refractivity contribution in [3.63, 3.8) is 0 Å². The molecule has 1 aromatic rings. The lowest BCUT2D eigenvalue weighted by Crippen LogP contribution is -2.44. The van der Waals surface area contributed by atoms with E-state index in [0.29, 0.717) is 16.7 Å². The molecule has 0 heterocycles. The van der Waals surface area contributed by atoms with Gasteiger partial charge in [0.2, 0.25) is 0 Å². The van der Waals surface area contributed by atoms with E-state index in [1.165, 1.54) is 102 Å². The number of fused-ring (bicyclic) bond motifs is 4. The third-order valence-corrected chi connectivity index (χ3v) is 13.0. The maximum atomic E-state index is 4.40. The van der Waals surface area contributed by atoms with E-state index in [2.05, 4.69) is 82.5 Å². The first-order valence-electron chi connectivity index (χ1n) is 18.2. The molecule has 0 N–H and O–H groups in total. The van der Waals surface area contributed by atoms with Crippen molar-refractivity contribution in [2.45, 2.75) is 130 Å². The van der Waals surface area contributed by atoms with Crippen LogP contribution in [-0.4, -0.2) is 18.5 Å². The van der Waals surface area contributed by atoms with Gasteiger partial charge in [-0.25, -0.2) is 0 Å². The van der Waals surface area contributed by atoms with Crippen LogP contribution in [0.1, 0.15) is 141 Å². The molecule has 4 fully saturated rings. The average Bonchev–Trinajstić information content (AvgIpc) is 3.65. The van der Waals surface area contributed by atoms with Crippen molar-refractivity contribution in [2.24, 2.45) is 34.5 Å². The van der Waals surface area contributed by atoms with Gasteiger partial charge in [-0.2, -0.15) is 0 Å². The van der Waals surface area contributed by atoms with E-state index in [-0.39, 0.29) is 0 Å². The van der Waals surface area contributed by atoms with Crippen molar-refractivity contribution < 1.29 is 0 Å². The molecule has 6 atom stereocenters. The summed E-state index contributed by atoms with van der Waals surface area (Å²) in [6.07, 6.45) is 23.7. The van der Waals surface area contributed by atoms with Crippen LogP contribution >= 0.6 is 0 Å². The standard InChI is InChI=1S/C38H55N.C2H6.C2H4/c1-6-8-9-12-31-18-20-35-33-19-17-30-25-38(22-10-11-23-38)24-21-32(30)36(33)34(26-37(31,35)4)29-15-13-28(14-16-29)27(3)39(5)7-2;2*1-2/h6,13-16,30-31,33-35H,1,3,7-12,17-26H2,2,4-5H3;1-2H3;1-2H2. The monoisotopic (exact) mass is 584 g/mol. The van der Waals surface area contributed by atoms with Crippen molar-refractivity contribution >= 4 is 5.70 Å². The van der Waals surface area contributed by atoms with Gasteiger partial charge in [-0.1, -0.05) is 81.7 Å². The van der Waals surface area contributed by atoms with Crippen molar-refractivity contribution in [3.05, 3.63) is 78.9 Å². The molecule has 0 aliphatic heterocycles. The van der Waals surface area contributed by atoms with Crippen molar-refractivity contribution in [3.8, 4) is 0 Å². The third-order valence-electron chi connectivity index (χ3n) is 13.0. The minimum absolute atomic E-state index is 0.486. The van der Waals surface area contributed by atoms with Crippen LogP contribution in [0, 0.1) is 34.5 Å². The Morgan fingerprint density at radius 3 is 2.33 bits per heavy atom. The molecule has 6 unspecified atom stereocenters. The molecule has 4 saturated carbocycles. The minimum Gasteiger partial charge on any atom is -0.375 e. The summed E-state index contributed by atoms with van der Waals surface area (Å²) in [4.78, 5) is 2.26. The summed E-state index contributed by atoms with van der Waals surface area (Å²) in [6, 6.07) is 9.75. The summed E-state index contributed by atoms with van der Waals surface area (Å²) >= 11 is 0. The fourth-order valence-electron chi connectivity index (χ4n) is 10.7. The topological polar surface area (TPSA) is 3.24 Å². The molecular formula is C42H65N. The predicted octanol–water partition coefficient (Wildman–Crippen LogP) is 12.4. The fourth-order valence-corrected chi connectivity index (χ4v) is 10.7. The Labute approximate surface area is 267 Å². The largest absolute Gasteiger partial charge is 0.375 e. The normalized spacial score (nSPS) is 31.9. The Bertz CT molecular complexity index is 1100. The number of nitrogens with zero attached hydrogens (tertiary/aromatic N) is 1. The predicted molar refractivity (Wildman–Crippen MR) is 190 cm³/mol. The van der Waals surface area contributed by atoms with Gasteiger partial charge in [0.15, 0.2) is 0 Å². The molecule has 5 aliphatic carbocycles. The second kappa shape index (κ2) is 14.8. The second-order valence-electron chi connectivity index (χ2n) is 14.7. The van der Waals surface area contributed by atoms with E-state index in [1.807, 2.05) is 25.0 Å². The van der Waals surface area contributed by atoms with Gasteiger partial charge in [-0.3, -0.25) is 0 Å². The van der Waals surface area contributed by atoms with Gasteiger partial charge in [0, 0.05) is 25.2 Å². The molecule has 0 amide bonds. The van der Waals surface area contributed by atoms with Crippen LogP contribution in [0.5, 0.6) is 0 Å². The Morgan fingerprint density at radius 2 is 1.67 bits per heavy atom. The zero-order valence-corrected chi connectivity index (χ0v) is 28.9. The molecule has 0 aromatic heterocycles. The number of allylic oxidation sites excluding steroid dienone is 3. The van der Waals surface area contributed by atoms with Gasteiger partial charge in [-0.15, -0.1) is 19.7 Å². The lowest BCUT2D eigenvalue weighted by Gasteiger charge is -2.55. The van der Waals surface area contributed by atoms with Crippen LogP contribution in [0.25, 0.3) is 5.70 Å². The lowest BCUT2D eigenvalue weighted by molar-refractivity contribution is 0.0482. The first-order chi connectivity index (χ1) is 20.9. The highest BCUT2D eigenvalue weighted by Crippen LogP contribution is 2.67. The Morgan fingerprint density at radius 1 is 0.977 bits per heavy atom. The molecule has 0 bridgehead atoms. The molecule has 1 nitrogen and oxygen atoms in total. The molecule has 6 rings (SSSR count). The summed E-state index contributed by atoms with van der Waals surface area (Å²) in [6.45, 7) is 24.3. The van der Waals surface area contributed by atoms with E-state index in [0.717, 1.165) is 35.9 Å². The molecule has 0 saturated heterocycles. The Hall–Kier alpha value is -2.02. The highest BCUT2D eigenvalue weighted by atomic mass is 15.1. The SMILES string of the molecule is C=C.C=CCCCC1CCC2C3CCC4CC5(CCCC5)CCC4=C3C(c3ccc(C(=C)N(C)CC)cc3)CC12C.CC. The zero-order chi connectivity index (χ0) is 31.2. The highest BCUT2D eigenvalue weighted by molar-refractivity contribution is 5.62. The minimum atomic E-state index is 0.486. The lowest BCUT2D eigenvalue weighted by atomic mass is 9.50. The van der Waals surface area contributed by atoms with E-state index >= 15 is 0 Å². The zero-order valence-electron chi connectivity index (χ0n) is 28.9. The second-order valence-corrected chi connectivity index (χ2v) is 14.7. The number of hydrogen-bond acceptors (Lipinski definition) is 1. The number of hydrogen-bond donors (Lipinski definition) is 0. The molecule has 1 aromatic carbocycles. The van der Waals surface area contributed by atoms with Crippen LogP contribution in [-0.2, 0) is 0 Å². The van der Waals surface area contributed by atoms with Crippen LogP contribution < -0.4 is 0 Å². The van der Waals surface area contributed by atoms with E-state index in [4.69, 9.17) is 0 Å². The molecular weight excluding hydrogens is 518 g/mol. The van der Waals surface area contributed by atoms with Crippen molar-refractivity contribution in [1.82, 2.24) is 4.90 Å². The highest BCUT2D eigenvalue weighted by Gasteiger charge is 2.57. The number of rotatable bonds is 8. The van der Waals surface area contributed by atoms with Crippen LogP contribution in [0.15, 0.2) is 67.8 Å². The van der Waals surface area contributed by atoms with Gasteiger partial charge in [0.1, 0.15) is 0 Å². The maximum absolute atomic E-state index is 4.40. The van der Waals surface area contributed by atoms with E-state index in [9.17, 15) is 0 Å². The Kier molecular flexibility index (Phi) is 11.7. The van der Waals surface area contributed by atoms with E-state index < -0.39 is 0 Å². The first-order valence-corrected chi connectivity index (χ1v) is 18.2. The van der Waals surface area contributed by atoms with E-state index in [1.54, 1.807) is 5.56 Å². The van der Waals surface area contributed by atoms with Crippen LogP contribution in [0.4, 0.5) is 0 Å². The molecule has 0 radical (unpaired) electrons. The summed E-state index contributed by atoms with van der Waals surface area (Å²) in [5, 5.41) is 0. The molecule has 43 heavy (non-hydrogen) atoms. The summed E-state index contributed by atoms with van der Waals surface area (Å²) in [5.41, 5.74) is 9.13. The average molecular weight is 584 g/mol.